The molecule has 1 N–H and O–H groups in total. The summed E-state index contributed by atoms with van der Waals surface area (Å²) >= 11 is 0. The summed E-state index contributed by atoms with van der Waals surface area (Å²) in [5.74, 6) is -1.07. The van der Waals surface area contributed by atoms with E-state index in [2.05, 4.69) is 5.32 Å². The maximum atomic E-state index is 9.43. The van der Waals surface area contributed by atoms with Crippen LogP contribution in [0.1, 0.15) is 0 Å². The van der Waals surface area contributed by atoms with Gasteiger partial charge in [0.1, 0.15) is 0 Å². The van der Waals surface area contributed by atoms with Gasteiger partial charge in [0.2, 0.25) is 0 Å². The average molecular weight is 221 g/mol. The molecule has 0 amide bonds. The molecule has 0 heterocycles. The number of hydrogen-bond acceptors (Lipinski definition) is 3. The largest absolute Gasteiger partial charge is 1.00 e. The van der Waals surface area contributed by atoms with Gasteiger partial charge >= 0.3 is 68.9 Å². The minimum Gasteiger partial charge on any atom is -0.549 e. The second-order valence-electron chi connectivity index (χ2n) is 0.902. The Morgan fingerprint density at radius 3 is 2.29 bits per heavy atom. The fourth-order valence-corrected chi connectivity index (χ4v) is 0.144. The first-order chi connectivity index (χ1) is 2.77. The Balaban J connectivity index is 0. The van der Waals surface area contributed by atoms with Gasteiger partial charge in [0, 0.05) is 6.54 Å². The molecule has 0 aliphatic rings. The molecule has 3 nitrogen and oxygen atoms in total. The Morgan fingerprint density at radius 1 is 1.86 bits per heavy atom. The van der Waals surface area contributed by atoms with E-state index in [9.17, 15) is 9.90 Å². The molecule has 0 fully saturated rings. The monoisotopic (exact) mass is 221 g/mol. The van der Waals surface area contributed by atoms with Crippen molar-refractivity contribution in [3.8, 4) is 0 Å². The van der Waals surface area contributed by atoms with E-state index in [0.29, 0.717) is 0 Å². The number of nitrogens with one attached hydrogen (secondary N) is 1. The van der Waals surface area contributed by atoms with Crippen LogP contribution in [0.4, 0.5) is 0 Å². The van der Waals surface area contributed by atoms with Gasteiger partial charge in [-0.25, -0.2) is 0 Å². The minimum atomic E-state index is -1.07. The standard InChI is InChI=1S/C3H7NO2.Cs/c1-4-2-3(5)6;/h4H,2H2,1H3,(H,5,6);/q;+1/p-1. The van der Waals surface area contributed by atoms with Gasteiger partial charge in [0.05, 0.1) is 5.97 Å². The molecule has 0 radical (unpaired) electrons. The van der Waals surface area contributed by atoms with Crippen molar-refractivity contribution >= 4 is 5.97 Å². The number of carboxylic acid groups (broad SMARTS) is 1. The van der Waals surface area contributed by atoms with Gasteiger partial charge in [-0.3, -0.25) is 0 Å². The van der Waals surface area contributed by atoms with Crippen LogP contribution in [-0.2, 0) is 4.79 Å². The van der Waals surface area contributed by atoms with E-state index < -0.39 is 5.97 Å². The quantitative estimate of drug-likeness (QED) is 0.507. The first-order valence-corrected chi connectivity index (χ1v) is 1.62. The van der Waals surface area contributed by atoms with Crippen molar-refractivity contribution < 1.29 is 78.8 Å². The molecule has 0 aromatic carbocycles. The Hall–Kier alpha value is 1.48. The zero-order chi connectivity index (χ0) is 4.99. The summed E-state index contributed by atoms with van der Waals surface area (Å²) in [5, 5.41) is 11.8. The number of likely N-dealkylation sites (N-methyl/N-ethyl adjacent to an activating group) is 1. The van der Waals surface area contributed by atoms with Crippen LogP contribution in [0.3, 0.4) is 0 Å². The van der Waals surface area contributed by atoms with Crippen molar-refractivity contribution in [3.63, 3.8) is 0 Å². The van der Waals surface area contributed by atoms with E-state index in [-0.39, 0.29) is 75.4 Å². The first-order valence-electron chi connectivity index (χ1n) is 1.62. The van der Waals surface area contributed by atoms with Gasteiger partial charge < -0.3 is 15.2 Å². The number of hydrogen-bond donors (Lipinski definition) is 1. The van der Waals surface area contributed by atoms with Gasteiger partial charge in [-0.1, -0.05) is 0 Å². The number of carboxylic acids is 1. The topological polar surface area (TPSA) is 52.2 Å². The van der Waals surface area contributed by atoms with Crippen LogP contribution in [0, 0.1) is 0 Å². The molecule has 0 spiro atoms. The SMILES string of the molecule is CNCC(=O)[O-].[Cs+]. The van der Waals surface area contributed by atoms with Crippen molar-refractivity contribution in [3.05, 3.63) is 0 Å². The van der Waals surface area contributed by atoms with Crippen molar-refractivity contribution in [2.75, 3.05) is 13.6 Å². The Morgan fingerprint density at radius 2 is 2.29 bits per heavy atom. The predicted octanol–water partition coefficient (Wildman–Crippen LogP) is -5.04. The molecule has 0 rings (SSSR count). The van der Waals surface area contributed by atoms with Crippen LogP contribution < -0.4 is 79.3 Å². The molecule has 0 saturated carbocycles. The molecule has 0 atom stereocenters. The fraction of sp³-hybridized carbons (Fsp3) is 0.667. The van der Waals surface area contributed by atoms with Gasteiger partial charge in [-0.15, -0.1) is 0 Å². The summed E-state index contributed by atoms with van der Waals surface area (Å²) in [7, 11) is 1.55. The third-order valence-electron chi connectivity index (χ3n) is 0.321. The number of rotatable bonds is 2. The summed E-state index contributed by atoms with van der Waals surface area (Å²) in [6, 6.07) is 0. The molecule has 0 aromatic heterocycles. The maximum absolute atomic E-state index is 9.43. The first kappa shape index (κ1) is 11.3. The third kappa shape index (κ3) is 11.2. The maximum Gasteiger partial charge on any atom is 1.00 e. The summed E-state index contributed by atoms with van der Waals surface area (Å²) in [6.45, 7) is -0.0694. The molecule has 4 heteroatoms. The third-order valence-corrected chi connectivity index (χ3v) is 0.321. The second kappa shape index (κ2) is 7.48. The molecule has 36 valence electrons. The smallest absolute Gasteiger partial charge is 0.549 e. The number of carbonyl (C=O) groups excluding carboxylic acids is 1. The van der Waals surface area contributed by atoms with E-state index in [1.54, 1.807) is 7.05 Å². The fourth-order valence-electron chi connectivity index (χ4n) is 0.144. The van der Waals surface area contributed by atoms with Gasteiger partial charge in [-0.2, -0.15) is 0 Å². The molecule has 0 bridgehead atoms. The molecular weight excluding hydrogens is 215 g/mol. The van der Waals surface area contributed by atoms with Crippen LogP contribution in [0.5, 0.6) is 0 Å². The Bertz CT molecular complexity index is 56.9. The summed E-state index contributed by atoms with van der Waals surface area (Å²) in [6.07, 6.45) is 0. The van der Waals surface area contributed by atoms with Gasteiger partial charge in [-0.05, 0) is 7.05 Å². The normalized spacial score (nSPS) is 7.00. The Kier molecular flexibility index (Phi) is 12.1. The summed E-state index contributed by atoms with van der Waals surface area (Å²) < 4.78 is 0. The van der Waals surface area contributed by atoms with Crippen molar-refractivity contribution in [1.29, 1.82) is 0 Å². The van der Waals surface area contributed by atoms with Crippen LogP contribution in [0.25, 0.3) is 0 Å². The molecule has 7 heavy (non-hydrogen) atoms. The molecule has 0 aromatic rings. The predicted molar refractivity (Wildman–Crippen MR) is 18.9 cm³/mol. The molecule has 0 saturated heterocycles. The molecular formula is C3H6CsNO2. The van der Waals surface area contributed by atoms with Gasteiger partial charge in [0.15, 0.2) is 0 Å². The zero-order valence-electron chi connectivity index (χ0n) is 4.52. The van der Waals surface area contributed by atoms with Crippen LogP contribution in [0.15, 0.2) is 0 Å². The van der Waals surface area contributed by atoms with Crippen molar-refractivity contribution in [1.82, 2.24) is 5.32 Å². The number of aliphatic carboxylic acids is 1. The molecule has 0 aliphatic carbocycles. The van der Waals surface area contributed by atoms with E-state index in [1.807, 2.05) is 0 Å². The van der Waals surface area contributed by atoms with E-state index in [4.69, 9.17) is 0 Å². The van der Waals surface area contributed by atoms with Gasteiger partial charge in [0.25, 0.3) is 0 Å². The number of carbonyl (C=O) groups is 1. The zero-order valence-corrected chi connectivity index (χ0v) is 10.8. The minimum absolute atomic E-state index is 0. The van der Waals surface area contributed by atoms with Crippen LogP contribution in [-0.4, -0.2) is 19.6 Å². The summed E-state index contributed by atoms with van der Waals surface area (Å²) in [4.78, 5) is 9.43. The van der Waals surface area contributed by atoms with Crippen molar-refractivity contribution in [2.24, 2.45) is 0 Å². The molecule has 0 unspecified atom stereocenters. The second-order valence-corrected chi connectivity index (χ2v) is 0.902. The van der Waals surface area contributed by atoms with Crippen molar-refractivity contribution in [2.45, 2.75) is 0 Å². The van der Waals surface area contributed by atoms with E-state index >= 15 is 0 Å². The van der Waals surface area contributed by atoms with Crippen LogP contribution in [0.2, 0.25) is 0 Å². The van der Waals surface area contributed by atoms with E-state index in [0.717, 1.165) is 0 Å². The van der Waals surface area contributed by atoms with E-state index in [1.165, 1.54) is 0 Å². The summed E-state index contributed by atoms with van der Waals surface area (Å²) in [5.41, 5.74) is 0. The molecule has 0 aliphatic heterocycles. The van der Waals surface area contributed by atoms with Crippen LogP contribution >= 0.6 is 0 Å². The average Bonchev–Trinajstić information content (AvgIpc) is 1.35. The Labute approximate surface area is 101 Å².